The summed E-state index contributed by atoms with van der Waals surface area (Å²) in [6, 6.07) is 30.1. The highest BCUT2D eigenvalue weighted by Gasteiger charge is 2.18. The fraction of sp³-hybridized carbons (Fsp3) is 0.0800. The van der Waals surface area contributed by atoms with Gasteiger partial charge in [0.1, 0.15) is 5.75 Å². The van der Waals surface area contributed by atoms with E-state index in [9.17, 15) is 5.11 Å². The first-order chi connectivity index (χ1) is 14.3. The number of hydrogen-bond donors (Lipinski definition) is 1. The Morgan fingerprint density at radius 2 is 1.48 bits per heavy atom. The lowest BCUT2D eigenvalue weighted by Crippen LogP contribution is -2.11. The van der Waals surface area contributed by atoms with Gasteiger partial charge in [-0.2, -0.15) is 0 Å². The van der Waals surface area contributed by atoms with E-state index in [1.807, 2.05) is 66.7 Å². The molecule has 0 aliphatic carbocycles. The van der Waals surface area contributed by atoms with E-state index in [-0.39, 0.29) is 6.61 Å². The topological polar surface area (TPSA) is 45.6 Å². The first kappa shape index (κ1) is 18.7. The first-order valence-electron chi connectivity index (χ1n) is 9.44. The van der Waals surface area contributed by atoms with Crippen LogP contribution in [0.1, 0.15) is 5.56 Å². The largest absolute Gasteiger partial charge is 0.497 e. The van der Waals surface area contributed by atoms with Gasteiger partial charge in [-0.3, -0.25) is 4.98 Å². The van der Waals surface area contributed by atoms with Gasteiger partial charge >= 0.3 is 0 Å². The lowest BCUT2D eigenvalue weighted by Gasteiger charge is -2.28. The molecule has 3 aromatic carbocycles. The van der Waals surface area contributed by atoms with Crippen LogP contribution < -0.4 is 9.64 Å². The molecule has 1 N–H and O–H groups in total. The zero-order chi connectivity index (χ0) is 20.1. The van der Waals surface area contributed by atoms with Crippen LogP contribution in [0.5, 0.6) is 5.75 Å². The highest BCUT2D eigenvalue weighted by atomic mass is 16.5. The number of hydrogen-bond acceptors (Lipinski definition) is 4. The molecule has 0 radical (unpaired) electrons. The van der Waals surface area contributed by atoms with Crippen molar-refractivity contribution in [3.8, 4) is 17.0 Å². The third-order valence-corrected chi connectivity index (χ3v) is 4.76. The fourth-order valence-corrected chi connectivity index (χ4v) is 3.34. The van der Waals surface area contributed by atoms with Crippen LogP contribution in [0.15, 0.2) is 97.2 Å². The van der Waals surface area contributed by atoms with Crippen LogP contribution in [0.25, 0.3) is 11.3 Å². The fourth-order valence-electron chi connectivity index (χ4n) is 3.34. The molecule has 0 spiro atoms. The molecule has 4 aromatic rings. The highest BCUT2D eigenvalue weighted by molar-refractivity contribution is 5.87. The zero-order valence-electron chi connectivity index (χ0n) is 16.2. The van der Waals surface area contributed by atoms with E-state index < -0.39 is 0 Å². The Balaban J connectivity index is 1.96. The molecule has 1 heterocycles. The average Bonchev–Trinajstić information content (AvgIpc) is 2.80. The minimum atomic E-state index is -0.0257. The van der Waals surface area contributed by atoms with Crippen LogP contribution in [0.4, 0.5) is 17.1 Å². The Labute approximate surface area is 170 Å². The van der Waals surface area contributed by atoms with Crippen LogP contribution >= 0.6 is 0 Å². The predicted octanol–water partition coefficient (Wildman–Crippen LogP) is 5.72. The van der Waals surface area contributed by atoms with E-state index in [0.717, 1.165) is 39.6 Å². The van der Waals surface area contributed by atoms with Gasteiger partial charge in [0.15, 0.2) is 0 Å². The van der Waals surface area contributed by atoms with Crippen LogP contribution in [0.3, 0.4) is 0 Å². The first-order valence-corrected chi connectivity index (χ1v) is 9.44. The van der Waals surface area contributed by atoms with E-state index in [2.05, 4.69) is 34.1 Å². The molecule has 29 heavy (non-hydrogen) atoms. The van der Waals surface area contributed by atoms with Crippen molar-refractivity contribution in [3.63, 3.8) is 0 Å². The molecule has 4 heteroatoms. The molecule has 0 aliphatic heterocycles. The lowest BCUT2D eigenvalue weighted by atomic mass is 10.0. The molecule has 4 nitrogen and oxygen atoms in total. The highest BCUT2D eigenvalue weighted by Crippen LogP contribution is 2.41. The second-order valence-electron chi connectivity index (χ2n) is 6.60. The molecule has 0 unspecified atom stereocenters. The molecule has 0 saturated heterocycles. The Morgan fingerprint density at radius 3 is 2.07 bits per heavy atom. The normalized spacial score (nSPS) is 10.6. The average molecular weight is 382 g/mol. The van der Waals surface area contributed by atoms with Crippen LogP contribution in [0.2, 0.25) is 0 Å². The van der Waals surface area contributed by atoms with Gasteiger partial charge in [0, 0.05) is 29.2 Å². The summed E-state index contributed by atoms with van der Waals surface area (Å²) in [6.45, 7) is -0.0257. The van der Waals surface area contributed by atoms with E-state index in [4.69, 9.17) is 4.74 Å². The number of methoxy groups -OCH3 is 1. The smallest absolute Gasteiger partial charge is 0.120 e. The molecule has 1 aromatic heterocycles. The van der Waals surface area contributed by atoms with Gasteiger partial charge in [0.2, 0.25) is 0 Å². The van der Waals surface area contributed by atoms with Gasteiger partial charge in [0.25, 0.3) is 0 Å². The van der Waals surface area contributed by atoms with Crippen molar-refractivity contribution in [2.24, 2.45) is 0 Å². The number of nitrogens with zero attached hydrogens (tertiary/aromatic N) is 2. The van der Waals surface area contributed by atoms with Crippen molar-refractivity contribution in [2.75, 3.05) is 12.0 Å². The standard InChI is InChI=1S/C25H22N2O2/c1-29-22-12-13-23(24-16-19(18-28)14-15-26-24)25(17-22)27(20-8-4-2-5-9-20)21-10-6-3-7-11-21/h2-17,28H,18H2,1H3. The molecule has 0 fully saturated rings. The monoisotopic (exact) mass is 382 g/mol. The van der Waals surface area contributed by atoms with Crippen LogP contribution in [0, 0.1) is 0 Å². The minimum absolute atomic E-state index is 0.0257. The second-order valence-corrected chi connectivity index (χ2v) is 6.60. The second kappa shape index (κ2) is 8.59. The summed E-state index contributed by atoms with van der Waals surface area (Å²) in [5.41, 5.74) is 5.59. The zero-order valence-corrected chi connectivity index (χ0v) is 16.2. The van der Waals surface area contributed by atoms with Crippen molar-refractivity contribution in [3.05, 3.63) is 103 Å². The number of pyridine rings is 1. The quantitative estimate of drug-likeness (QED) is 0.463. The Hall–Kier alpha value is -3.63. The molecule has 0 saturated carbocycles. The number of rotatable bonds is 6. The SMILES string of the molecule is COc1ccc(-c2cc(CO)ccn2)c(N(c2ccccc2)c2ccccc2)c1. The Kier molecular flexibility index (Phi) is 5.54. The van der Waals surface area contributed by atoms with Gasteiger partial charge in [-0.25, -0.2) is 0 Å². The summed E-state index contributed by atoms with van der Waals surface area (Å²) in [6.07, 6.45) is 1.73. The van der Waals surface area contributed by atoms with Gasteiger partial charge < -0.3 is 14.7 Å². The van der Waals surface area contributed by atoms with E-state index >= 15 is 0 Å². The van der Waals surface area contributed by atoms with Crippen molar-refractivity contribution in [2.45, 2.75) is 6.61 Å². The van der Waals surface area contributed by atoms with Gasteiger partial charge in [-0.05, 0) is 54.1 Å². The maximum atomic E-state index is 9.57. The lowest BCUT2D eigenvalue weighted by molar-refractivity contribution is 0.282. The number of ether oxygens (including phenoxy) is 1. The third kappa shape index (κ3) is 3.98. The van der Waals surface area contributed by atoms with Crippen molar-refractivity contribution in [1.29, 1.82) is 0 Å². The van der Waals surface area contributed by atoms with Gasteiger partial charge in [0.05, 0.1) is 25.1 Å². The molecule has 0 atom stereocenters. The summed E-state index contributed by atoms with van der Waals surface area (Å²) in [7, 11) is 1.67. The molecule has 4 rings (SSSR count). The Morgan fingerprint density at radius 1 is 0.828 bits per heavy atom. The van der Waals surface area contributed by atoms with Crippen molar-refractivity contribution >= 4 is 17.1 Å². The van der Waals surface area contributed by atoms with E-state index in [1.165, 1.54) is 0 Å². The van der Waals surface area contributed by atoms with Crippen molar-refractivity contribution in [1.82, 2.24) is 4.98 Å². The number of anilines is 3. The van der Waals surface area contributed by atoms with Crippen LogP contribution in [-0.4, -0.2) is 17.2 Å². The summed E-state index contributed by atoms with van der Waals surface area (Å²) >= 11 is 0. The minimum Gasteiger partial charge on any atom is -0.497 e. The number of aliphatic hydroxyl groups is 1. The molecular weight excluding hydrogens is 360 g/mol. The number of aliphatic hydroxyl groups excluding tert-OH is 1. The molecule has 144 valence electrons. The molecule has 0 aliphatic rings. The number of benzene rings is 3. The molecule has 0 amide bonds. The Bertz CT molecular complexity index is 1040. The van der Waals surface area contributed by atoms with Crippen LogP contribution in [-0.2, 0) is 6.61 Å². The maximum Gasteiger partial charge on any atom is 0.120 e. The van der Waals surface area contributed by atoms with E-state index in [0.29, 0.717) is 0 Å². The predicted molar refractivity (Wildman–Crippen MR) is 117 cm³/mol. The maximum absolute atomic E-state index is 9.57. The number of aromatic nitrogens is 1. The summed E-state index contributed by atoms with van der Waals surface area (Å²) < 4.78 is 5.53. The van der Waals surface area contributed by atoms with Gasteiger partial charge in [-0.1, -0.05) is 36.4 Å². The summed E-state index contributed by atoms with van der Waals surface area (Å²) in [5.74, 6) is 0.763. The summed E-state index contributed by atoms with van der Waals surface area (Å²) in [4.78, 5) is 6.75. The van der Waals surface area contributed by atoms with Crippen molar-refractivity contribution < 1.29 is 9.84 Å². The van der Waals surface area contributed by atoms with E-state index in [1.54, 1.807) is 13.3 Å². The summed E-state index contributed by atoms with van der Waals surface area (Å²) in [5, 5.41) is 9.57. The molecular formula is C25H22N2O2. The molecule has 0 bridgehead atoms. The third-order valence-electron chi connectivity index (χ3n) is 4.76. The number of para-hydroxylation sites is 2. The van der Waals surface area contributed by atoms with Gasteiger partial charge in [-0.15, -0.1) is 0 Å².